The average molecular weight is 271 g/mol. The Hall–Kier alpha value is -2.16. The van der Waals surface area contributed by atoms with Gasteiger partial charge in [-0.25, -0.2) is 0 Å². The Bertz CT molecular complexity index is 594. The van der Waals surface area contributed by atoms with Crippen molar-refractivity contribution in [1.29, 1.82) is 0 Å². The Morgan fingerprint density at radius 3 is 2.40 bits per heavy atom. The van der Waals surface area contributed by atoms with Crippen molar-refractivity contribution in [3.8, 4) is 11.5 Å². The van der Waals surface area contributed by atoms with Crippen molar-refractivity contribution in [2.45, 2.75) is 20.8 Å². The molecule has 0 saturated heterocycles. The van der Waals surface area contributed by atoms with Gasteiger partial charge in [0, 0.05) is 5.69 Å². The van der Waals surface area contributed by atoms with Gasteiger partial charge < -0.3 is 15.2 Å². The summed E-state index contributed by atoms with van der Waals surface area (Å²) in [5.74, 6) is 1.74. The summed E-state index contributed by atoms with van der Waals surface area (Å²) in [6.07, 6.45) is 0. The van der Waals surface area contributed by atoms with Gasteiger partial charge in [0.25, 0.3) is 0 Å². The highest BCUT2D eigenvalue weighted by molar-refractivity contribution is 5.49. The standard InChI is InChI=1S/C17H21NO2/c1-12-5-4-6-17(14(12)3)20-10-9-19-15-7-8-16(18)13(2)11-15/h4-8,11H,9-10,18H2,1-3H3. The first-order valence-corrected chi connectivity index (χ1v) is 6.76. The quantitative estimate of drug-likeness (QED) is 0.667. The molecule has 106 valence electrons. The van der Waals surface area contributed by atoms with Gasteiger partial charge in [-0.3, -0.25) is 0 Å². The van der Waals surface area contributed by atoms with Crippen LogP contribution in [0.4, 0.5) is 5.69 Å². The Labute approximate surface area is 120 Å². The van der Waals surface area contributed by atoms with Crippen molar-refractivity contribution in [2.75, 3.05) is 18.9 Å². The minimum Gasteiger partial charge on any atom is -0.490 e. The molecular formula is C17H21NO2. The van der Waals surface area contributed by atoms with E-state index in [0.717, 1.165) is 22.7 Å². The maximum atomic E-state index is 5.77. The highest BCUT2D eigenvalue weighted by Crippen LogP contribution is 2.21. The van der Waals surface area contributed by atoms with Crippen LogP contribution in [0.2, 0.25) is 0 Å². The Morgan fingerprint density at radius 1 is 0.900 bits per heavy atom. The van der Waals surface area contributed by atoms with E-state index in [-0.39, 0.29) is 0 Å². The van der Waals surface area contributed by atoms with E-state index in [1.165, 1.54) is 11.1 Å². The van der Waals surface area contributed by atoms with E-state index in [4.69, 9.17) is 15.2 Å². The molecule has 0 aliphatic carbocycles. The van der Waals surface area contributed by atoms with Crippen LogP contribution in [0, 0.1) is 20.8 Å². The molecule has 0 amide bonds. The lowest BCUT2D eigenvalue weighted by Gasteiger charge is -2.12. The van der Waals surface area contributed by atoms with Crippen molar-refractivity contribution in [1.82, 2.24) is 0 Å². The van der Waals surface area contributed by atoms with Gasteiger partial charge in [0.15, 0.2) is 0 Å². The number of rotatable bonds is 5. The molecule has 2 rings (SSSR count). The fourth-order valence-corrected chi connectivity index (χ4v) is 1.93. The number of anilines is 1. The summed E-state index contributed by atoms with van der Waals surface area (Å²) >= 11 is 0. The molecule has 2 N–H and O–H groups in total. The van der Waals surface area contributed by atoms with E-state index in [1.807, 2.05) is 37.3 Å². The first kappa shape index (κ1) is 14.3. The normalized spacial score (nSPS) is 10.3. The smallest absolute Gasteiger partial charge is 0.122 e. The largest absolute Gasteiger partial charge is 0.490 e. The first-order valence-electron chi connectivity index (χ1n) is 6.76. The number of aryl methyl sites for hydroxylation is 2. The molecule has 0 saturated carbocycles. The van der Waals surface area contributed by atoms with Gasteiger partial charge in [0.2, 0.25) is 0 Å². The predicted octanol–water partition coefficient (Wildman–Crippen LogP) is 3.65. The monoisotopic (exact) mass is 271 g/mol. The Morgan fingerprint density at radius 2 is 1.65 bits per heavy atom. The molecule has 3 heteroatoms. The molecule has 0 aliphatic rings. The zero-order valence-electron chi connectivity index (χ0n) is 12.3. The molecule has 20 heavy (non-hydrogen) atoms. The van der Waals surface area contributed by atoms with Crippen LogP contribution in [0.15, 0.2) is 36.4 Å². The molecule has 3 nitrogen and oxygen atoms in total. The van der Waals surface area contributed by atoms with Crippen LogP contribution in [-0.4, -0.2) is 13.2 Å². The summed E-state index contributed by atoms with van der Waals surface area (Å²) in [6.45, 7) is 7.14. The highest BCUT2D eigenvalue weighted by atomic mass is 16.5. The number of hydrogen-bond acceptors (Lipinski definition) is 3. The molecule has 0 aliphatic heterocycles. The van der Waals surface area contributed by atoms with Crippen molar-refractivity contribution in [3.05, 3.63) is 53.1 Å². The maximum absolute atomic E-state index is 5.77. The van der Waals surface area contributed by atoms with E-state index < -0.39 is 0 Å². The molecule has 2 aromatic rings. The molecular weight excluding hydrogens is 250 g/mol. The van der Waals surface area contributed by atoms with Crippen molar-refractivity contribution >= 4 is 5.69 Å². The van der Waals surface area contributed by atoms with E-state index in [2.05, 4.69) is 19.9 Å². The molecule has 2 aromatic carbocycles. The summed E-state index contributed by atoms with van der Waals surface area (Å²) in [7, 11) is 0. The topological polar surface area (TPSA) is 44.5 Å². The van der Waals surface area contributed by atoms with Gasteiger partial charge in [-0.15, -0.1) is 0 Å². The van der Waals surface area contributed by atoms with Crippen LogP contribution in [0.5, 0.6) is 11.5 Å². The van der Waals surface area contributed by atoms with Crippen LogP contribution in [0.1, 0.15) is 16.7 Å². The van der Waals surface area contributed by atoms with Crippen LogP contribution >= 0.6 is 0 Å². The number of hydrogen-bond donors (Lipinski definition) is 1. The van der Waals surface area contributed by atoms with Gasteiger partial charge in [0.05, 0.1) is 0 Å². The summed E-state index contributed by atoms with van der Waals surface area (Å²) in [5.41, 5.74) is 9.99. The first-order chi connectivity index (χ1) is 9.58. The fourth-order valence-electron chi connectivity index (χ4n) is 1.93. The average Bonchev–Trinajstić information content (AvgIpc) is 2.43. The third kappa shape index (κ3) is 3.44. The summed E-state index contributed by atoms with van der Waals surface area (Å²) < 4.78 is 11.4. The molecule has 0 fully saturated rings. The predicted molar refractivity (Wildman–Crippen MR) is 82.5 cm³/mol. The molecule has 0 heterocycles. The number of benzene rings is 2. The molecule has 0 bridgehead atoms. The van der Waals surface area contributed by atoms with Crippen LogP contribution in [0.25, 0.3) is 0 Å². The maximum Gasteiger partial charge on any atom is 0.122 e. The lowest BCUT2D eigenvalue weighted by molar-refractivity contribution is 0.216. The lowest BCUT2D eigenvalue weighted by atomic mass is 10.1. The second kappa shape index (κ2) is 6.33. The van der Waals surface area contributed by atoms with Gasteiger partial charge in [-0.05, 0) is 61.7 Å². The number of ether oxygens (including phenoxy) is 2. The second-order valence-corrected chi connectivity index (χ2v) is 4.91. The minimum atomic E-state index is 0.511. The van der Waals surface area contributed by atoms with Crippen molar-refractivity contribution < 1.29 is 9.47 Å². The van der Waals surface area contributed by atoms with Gasteiger partial charge in [-0.2, -0.15) is 0 Å². The third-order valence-corrected chi connectivity index (χ3v) is 3.41. The van der Waals surface area contributed by atoms with Gasteiger partial charge in [0.1, 0.15) is 24.7 Å². The van der Waals surface area contributed by atoms with E-state index in [0.29, 0.717) is 13.2 Å². The van der Waals surface area contributed by atoms with Crippen molar-refractivity contribution in [3.63, 3.8) is 0 Å². The summed E-state index contributed by atoms with van der Waals surface area (Å²) in [4.78, 5) is 0. The third-order valence-electron chi connectivity index (χ3n) is 3.41. The summed E-state index contributed by atoms with van der Waals surface area (Å²) in [5, 5.41) is 0. The van der Waals surface area contributed by atoms with Crippen LogP contribution in [-0.2, 0) is 0 Å². The lowest BCUT2D eigenvalue weighted by Crippen LogP contribution is -2.10. The highest BCUT2D eigenvalue weighted by Gasteiger charge is 2.02. The van der Waals surface area contributed by atoms with Gasteiger partial charge >= 0.3 is 0 Å². The number of nitrogen functional groups attached to an aromatic ring is 1. The molecule has 0 aromatic heterocycles. The van der Waals surface area contributed by atoms with Crippen molar-refractivity contribution in [2.24, 2.45) is 0 Å². The Kier molecular flexibility index (Phi) is 4.51. The van der Waals surface area contributed by atoms with E-state index in [1.54, 1.807) is 0 Å². The van der Waals surface area contributed by atoms with Gasteiger partial charge in [-0.1, -0.05) is 12.1 Å². The Balaban J connectivity index is 1.84. The zero-order chi connectivity index (χ0) is 14.5. The molecule has 0 unspecified atom stereocenters. The summed E-state index contributed by atoms with van der Waals surface area (Å²) in [6, 6.07) is 11.7. The van der Waals surface area contributed by atoms with Crippen LogP contribution in [0.3, 0.4) is 0 Å². The van der Waals surface area contributed by atoms with E-state index >= 15 is 0 Å². The van der Waals surface area contributed by atoms with E-state index in [9.17, 15) is 0 Å². The molecule has 0 spiro atoms. The molecule has 0 radical (unpaired) electrons. The SMILES string of the molecule is Cc1cc(OCCOc2cccc(C)c2C)ccc1N. The zero-order valence-corrected chi connectivity index (χ0v) is 12.3. The second-order valence-electron chi connectivity index (χ2n) is 4.91. The minimum absolute atomic E-state index is 0.511. The van der Waals surface area contributed by atoms with Crippen LogP contribution < -0.4 is 15.2 Å². The molecule has 0 atom stereocenters. The fraction of sp³-hybridized carbons (Fsp3) is 0.294. The number of nitrogens with two attached hydrogens (primary N) is 1.